The van der Waals surface area contributed by atoms with Crippen LogP contribution in [-0.2, 0) is 0 Å². The Labute approximate surface area is 123 Å². The van der Waals surface area contributed by atoms with Gasteiger partial charge in [0.15, 0.2) is 5.69 Å². The lowest BCUT2D eigenvalue weighted by Crippen LogP contribution is -2.37. The fourth-order valence-electron chi connectivity index (χ4n) is 2.80. The minimum Gasteiger partial charge on any atom is -0.336 e. The lowest BCUT2D eigenvalue weighted by atomic mass is 10.1. The summed E-state index contributed by atoms with van der Waals surface area (Å²) in [6.07, 6.45) is 4.99. The van der Waals surface area contributed by atoms with Crippen LogP contribution in [0.25, 0.3) is 0 Å². The Kier molecular flexibility index (Phi) is 4.26. The third-order valence-corrected chi connectivity index (χ3v) is 5.33. The molecule has 1 N–H and O–H groups in total. The van der Waals surface area contributed by atoms with Gasteiger partial charge in [-0.15, -0.1) is 5.10 Å². The zero-order valence-corrected chi connectivity index (χ0v) is 12.6. The summed E-state index contributed by atoms with van der Waals surface area (Å²) < 4.78 is 1.87. The zero-order valence-electron chi connectivity index (χ0n) is 11.8. The predicted octanol–water partition coefficient (Wildman–Crippen LogP) is 0.780. The summed E-state index contributed by atoms with van der Waals surface area (Å²) in [5.74, 6) is 2.17. The number of carbonyl (C=O) groups is 1. The van der Waals surface area contributed by atoms with Gasteiger partial charge in [0.25, 0.3) is 5.91 Å². The van der Waals surface area contributed by atoms with E-state index in [2.05, 4.69) is 15.6 Å². The highest BCUT2D eigenvalue weighted by atomic mass is 32.2. The van der Waals surface area contributed by atoms with E-state index in [1.807, 2.05) is 34.6 Å². The van der Waals surface area contributed by atoms with Crippen LogP contribution in [0.15, 0.2) is 6.20 Å². The van der Waals surface area contributed by atoms with Crippen LogP contribution in [0.3, 0.4) is 0 Å². The van der Waals surface area contributed by atoms with Crippen LogP contribution in [0.4, 0.5) is 0 Å². The van der Waals surface area contributed by atoms with Crippen LogP contribution in [0.5, 0.6) is 0 Å². The smallest absolute Gasteiger partial charge is 0.276 e. The average molecular weight is 295 g/mol. The monoisotopic (exact) mass is 295 g/mol. The van der Waals surface area contributed by atoms with Crippen molar-refractivity contribution in [3.8, 4) is 0 Å². The molecule has 0 aromatic carbocycles. The molecule has 20 heavy (non-hydrogen) atoms. The molecule has 1 aromatic rings. The fourth-order valence-corrected chi connectivity index (χ4v) is 4.07. The molecule has 1 aromatic heterocycles. The molecule has 2 saturated heterocycles. The molecule has 3 rings (SSSR count). The Balaban J connectivity index is 1.67. The molecular weight excluding hydrogens is 274 g/mol. The Morgan fingerprint density at radius 2 is 2.25 bits per heavy atom. The summed E-state index contributed by atoms with van der Waals surface area (Å²) in [4.78, 5) is 14.2. The molecule has 2 fully saturated rings. The van der Waals surface area contributed by atoms with Gasteiger partial charge in [0.1, 0.15) is 0 Å². The van der Waals surface area contributed by atoms with Crippen LogP contribution < -0.4 is 5.32 Å². The Morgan fingerprint density at radius 3 is 2.95 bits per heavy atom. The van der Waals surface area contributed by atoms with E-state index in [0.717, 1.165) is 43.9 Å². The maximum Gasteiger partial charge on any atom is 0.276 e. The first-order valence-corrected chi connectivity index (χ1v) is 8.38. The summed E-state index contributed by atoms with van der Waals surface area (Å²) >= 11 is 1.91. The molecule has 0 radical (unpaired) electrons. The van der Waals surface area contributed by atoms with E-state index < -0.39 is 0 Å². The highest BCUT2D eigenvalue weighted by Crippen LogP contribution is 2.23. The molecule has 0 saturated carbocycles. The Hall–Kier alpha value is -1.08. The molecule has 1 amide bonds. The molecule has 1 unspecified atom stereocenters. The first-order valence-electron chi connectivity index (χ1n) is 7.23. The fraction of sp³-hybridized carbons (Fsp3) is 0.769. The number of rotatable bonds is 3. The van der Waals surface area contributed by atoms with Gasteiger partial charge in [0.2, 0.25) is 0 Å². The number of amides is 1. The molecule has 0 aliphatic carbocycles. The SMILES string of the molecule is CN(C(=O)c1cn(C2CCNCC2)nn1)C1CCSC1. The highest BCUT2D eigenvalue weighted by Gasteiger charge is 2.27. The van der Waals surface area contributed by atoms with Crippen LogP contribution in [0, 0.1) is 0 Å². The first-order chi connectivity index (χ1) is 9.75. The number of nitrogens with one attached hydrogen (secondary N) is 1. The van der Waals surface area contributed by atoms with Crippen LogP contribution >= 0.6 is 11.8 Å². The molecule has 0 spiro atoms. The molecule has 110 valence electrons. The van der Waals surface area contributed by atoms with E-state index in [4.69, 9.17) is 0 Å². The number of carbonyl (C=O) groups excluding carboxylic acids is 1. The van der Waals surface area contributed by atoms with E-state index in [9.17, 15) is 4.79 Å². The maximum absolute atomic E-state index is 12.4. The van der Waals surface area contributed by atoms with Crippen LogP contribution in [-0.4, -0.2) is 63.5 Å². The highest BCUT2D eigenvalue weighted by molar-refractivity contribution is 7.99. The van der Waals surface area contributed by atoms with Gasteiger partial charge in [-0.05, 0) is 38.1 Å². The number of nitrogens with zero attached hydrogens (tertiary/aromatic N) is 4. The predicted molar refractivity (Wildman–Crippen MR) is 79.0 cm³/mol. The maximum atomic E-state index is 12.4. The second kappa shape index (κ2) is 6.13. The van der Waals surface area contributed by atoms with Gasteiger partial charge in [-0.25, -0.2) is 4.68 Å². The lowest BCUT2D eigenvalue weighted by Gasteiger charge is -2.23. The molecule has 7 heteroatoms. The van der Waals surface area contributed by atoms with Gasteiger partial charge in [0, 0.05) is 18.8 Å². The second-order valence-electron chi connectivity index (χ2n) is 5.50. The molecule has 3 heterocycles. The quantitative estimate of drug-likeness (QED) is 0.893. The molecule has 6 nitrogen and oxygen atoms in total. The van der Waals surface area contributed by atoms with Crippen molar-refractivity contribution in [2.75, 3.05) is 31.6 Å². The standard InChI is InChI=1S/C13H21N5OS/c1-17(11-4-7-20-9-11)13(19)12-8-18(16-15-12)10-2-5-14-6-3-10/h8,10-11,14H,2-7,9H2,1H3. The van der Waals surface area contributed by atoms with Crippen molar-refractivity contribution < 1.29 is 4.79 Å². The first kappa shape index (κ1) is 13.9. The van der Waals surface area contributed by atoms with Gasteiger partial charge >= 0.3 is 0 Å². The topological polar surface area (TPSA) is 63.1 Å². The zero-order chi connectivity index (χ0) is 13.9. The van der Waals surface area contributed by atoms with E-state index in [0.29, 0.717) is 17.8 Å². The van der Waals surface area contributed by atoms with Crippen LogP contribution in [0.2, 0.25) is 0 Å². The van der Waals surface area contributed by atoms with E-state index in [1.165, 1.54) is 0 Å². The van der Waals surface area contributed by atoms with Crippen LogP contribution in [0.1, 0.15) is 35.8 Å². The summed E-state index contributed by atoms with van der Waals surface area (Å²) in [7, 11) is 1.88. The third kappa shape index (κ3) is 2.83. The summed E-state index contributed by atoms with van der Waals surface area (Å²) in [6.45, 7) is 2.01. The van der Waals surface area contributed by atoms with Gasteiger partial charge in [0.05, 0.1) is 12.2 Å². The lowest BCUT2D eigenvalue weighted by molar-refractivity contribution is 0.0742. The minimum absolute atomic E-state index is 0.00214. The molecule has 0 bridgehead atoms. The minimum atomic E-state index is -0.00214. The normalized spacial score (nSPS) is 23.9. The molecule has 1 atom stereocenters. The Bertz CT molecular complexity index is 465. The largest absolute Gasteiger partial charge is 0.336 e. The van der Waals surface area contributed by atoms with Gasteiger partial charge in [-0.3, -0.25) is 4.79 Å². The average Bonchev–Trinajstić information content (AvgIpc) is 3.18. The number of hydrogen-bond acceptors (Lipinski definition) is 5. The summed E-state index contributed by atoms with van der Waals surface area (Å²) in [6, 6.07) is 0.717. The van der Waals surface area contributed by atoms with Crippen molar-refractivity contribution in [1.29, 1.82) is 0 Å². The summed E-state index contributed by atoms with van der Waals surface area (Å²) in [5.41, 5.74) is 0.475. The van der Waals surface area contributed by atoms with E-state index in [-0.39, 0.29) is 5.91 Å². The molecule has 2 aliphatic rings. The second-order valence-corrected chi connectivity index (χ2v) is 6.65. The molecular formula is C13H21N5OS. The van der Waals surface area contributed by atoms with E-state index >= 15 is 0 Å². The van der Waals surface area contributed by atoms with Crippen molar-refractivity contribution >= 4 is 17.7 Å². The van der Waals surface area contributed by atoms with Gasteiger partial charge in [-0.2, -0.15) is 11.8 Å². The van der Waals surface area contributed by atoms with Crippen molar-refractivity contribution in [2.45, 2.75) is 31.3 Å². The molecule has 2 aliphatic heterocycles. The van der Waals surface area contributed by atoms with Crippen molar-refractivity contribution in [2.24, 2.45) is 0 Å². The van der Waals surface area contributed by atoms with Crippen molar-refractivity contribution in [3.05, 3.63) is 11.9 Å². The van der Waals surface area contributed by atoms with Gasteiger partial charge in [-0.1, -0.05) is 5.21 Å². The number of hydrogen-bond donors (Lipinski definition) is 1. The third-order valence-electron chi connectivity index (χ3n) is 4.19. The van der Waals surface area contributed by atoms with Gasteiger partial charge < -0.3 is 10.2 Å². The summed E-state index contributed by atoms with van der Waals surface area (Å²) in [5, 5.41) is 11.6. The number of piperidine rings is 1. The number of aromatic nitrogens is 3. The van der Waals surface area contributed by atoms with Crippen molar-refractivity contribution in [3.63, 3.8) is 0 Å². The van der Waals surface area contributed by atoms with Crippen molar-refractivity contribution in [1.82, 2.24) is 25.2 Å². The van der Waals surface area contributed by atoms with E-state index in [1.54, 1.807) is 0 Å². The number of thioether (sulfide) groups is 1. The Morgan fingerprint density at radius 1 is 1.45 bits per heavy atom.